The smallest absolute Gasteiger partial charge is 0.188 e. The second-order valence-corrected chi connectivity index (χ2v) is 3.05. The Morgan fingerprint density at radius 3 is 2.69 bits per heavy atom. The van der Waals surface area contributed by atoms with Crippen LogP contribution in [0.1, 0.15) is 5.56 Å². The number of aliphatic hydroxyl groups is 1. The molecule has 1 aromatic rings. The van der Waals surface area contributed by atoms with Crippen LogP contribution in [0.2, 0.25) is 0 Å². The molecule has 0 saturated carbocycles. The van der Waals surface area contributed by atoms with Crippen LogP contribution in [0.3, 0.4) is 0 Å². The normalized spacial score (nSPS) is 10.7. The minimum Gasteiger partial charge on any atom is -0.493 e. The van der Waals surface area contributed by atoms with Crippen molar-refractivity contribution in [2.24, 2.45) is 0 Å². The van der Waals surface area contributed by atoms with E-state index in [1.807, 2.05) is 18.2 Å². The van der Waals surface area contributed by atoms with Gasteiger partial charge in [-0.05, 0) is 17.7 Å². The summed E-state index contributed by atoms with van der Waals surface area (Å²) in [5.74, 6) is 1.27. The van der Waals surface area contributed by atoms with Gasteiger partial charge in [0.25, 0.3) is 0 Å². The van der Waals surface area contributed by atoms with Crippen molar-refractivity contribution in [3.8, 4) is 11.5 Å². The minimum atomic E-state index is 0.0181. The Morgan fingerprint density at radius 1 is 1.25 bits per heavy atom. The molecule has 0 aliphatic rings. The second kappa shape index (κ2) is 6.87. The molecule has 0 aliphatic carbocycles. The van der Waals surface area contributed by atoms with E-state index in [1.54, 1.807) is 26.4 Å². The Morgan fingerprint density at radius 2 is 2.06 bits per heavy atom. The average molecular weight is 224 g/mol. The van der Waals surface area contributed by atoms with Crippen LogP contribution >= 0.6 is 0 Å². The third kappa shape index (κ3) is 3.56. The van der Waals surface area contributed by atoms with Crippen LogP contribution < -0.4 is 9.47 Å². The predicted octanol–water partition coefficient (Wildman–Crippen LogP) is 1.68. The molecule has 0 bridgehead atoms. The van der Waals surface area contributed by atoms with Gasteiger partial charge in [0.2, 0.25) is 0 Å². The summed E-state index contributed by atoms with van der Waals surface area (Å²) >= 11 is 0. The van der Waals surface area contributed by atoms with Crippen LogP contribution in [0, 0.1) is 0 Å². The fourth-order valence-electron chi connectivity index (χ4n) is 1.22. The molecule has 4 nitrogen and oxygen atoms in total. The first-order valence-corrected chi connectivity index (χ1v) is 4.89. The van der Waals surface area contributed by atoms with Crippen LogP contribution in [-0.4, -0.2) is 32.7 Å². The van der Waals surface area contributed by atoms with Gasteiger partial charge >= 0.3 is 0 Å². The van der Waals surface area contributed by atoms with E-state index in [4.69, 9.17) is 19.3 Å². The highest BCUT2D eigenvalue weighted by Crippen LogP contribution is 2.28. The molecule has 0 radical (unpaired) electrons. The molecule has 1 rings (SSSR count). The van der Waals surface area contributed by atoms with Gasteiger partial charge in [0.15, 0.2) is 18.3 Å². The average Bonchev–Trinajstić information content (AvgIpc) is 2.34. The molecule has 16 heavy (non-hydrogen) atoms. The third-order valence-corrected chi connectivity index (χ3v) is 1.94. The van der Waals surface area contributed by atoms with Crippen LogP contribution in [-0.2, 0) is 4.74 Å². The lowest BCUT2D eigenvalue weighted by Crippen LogP contribution is -2.00. The first-order valence-electron chi connectivity index (χ1n) is 4.89. The Labute approximate surface area is 95.1 Å². The summed E-state index contributed by atoms with van der Waals surface area (Å²) in [7, 11) is 3.14. The van der Waals surface area contributed by atoms with Gasteiger partial charge in [-0.3, -0.25) is 0 Å². The van der Waals surface area contributed by atoms with Crippen molar-refractivity contribution in [2.45, 2.75) is 0 Å². The largest absolute Gasteiger partial charge is 0.493 e. The summed E-state index contributed by atoms with van der Waals surface area (Å²) in [5, 5.41) is 8.67. The summed E-state index contributed by atoms with van der Waals surface area (Å²) in [4.78, 5) is 0. The van der Waals surface area contributed by atoms with Gasteiger partial charge in [-0.1, -0.05) is 18.2 Å². The fourth-order valence-corrected chi connectivity index (χ4v) is 1.22. The van der Waals surface area contributed by atoms with Crippen LogP contribution in [0.15, 0.2) is 24.3 Å². The van der Waals surface area contributed by atoms with E-state index in [-0.39, 0.29) is 13.4 Å². The lowest BCUT2D eigenvalue weighted by Gasteiger charge is -2.10. The summed E-state index contributed by atoms with van der Waals surface area (Å²) in [6, 6.07) is 5.51. The highest BCUT2D eigenvalue weighted by Gasteiger charge is 2.03. The number of aliphatic hydroxyl groups excluding tert-OH is 1. The Hall–Kier alpha value is -1.52. The summed E-state index contributed by atoms with van der Waals surface area (Å²) in [5.41, 5.74) is 0.940. The number of benzene rings is 1. The van der Waals surface area contributed by atoms with E-state index in [0.717, 1.165) is 5.56 Å². The van der Waals surface area contributed by atoms with Gasteiger partial charge in [0.05, 0.1) is 13.7 Å². The van der Waals surface area contributed by atoms with Crippen molar-refractivity contribution < 1.29 is 19.3 Å². The Kier molecular flexibility index (Phi) is 5.39. The van der Waals surface area contributed by atoms with Gasteiger partial charge in [-0.2, -0.15) is 0 Å². The van der Waals surface area contributed by atoms with E-state index in [1.165, 1.54) is 0 Å². The van der Waals surface area contributed by atoms with Gasteiger partial charge in [0, 0.05) is 7.11 Å². The SMILES string of the molecule is COCOc1ccc(/C=C/CO)cc1OC. The van der Waals surface area contributed by atoms with Crippen LogP contribution in [0.5, 0.6) is 11.5 Å². The predicted molar refractivity (Wildman–Crippen MR) is 61.6 cm³/mol. The van der Waals surface area contributed by atoms with Crippen LogP contribution in [0.25, 0.3) is 6.08 Å². The molecule has 1 N–H and O–H groups in total. The number of hydrogen-bond donors (Lipinski definition) is 1. The first-order chi connectivity index (χ1) is 7.81. The van der Waals surface area contributed by atoms with Gasteiger partial charge in [-0.15, -0.1) is 0 Å². The van der Waals surface area contributed by atoms with E-state index in [0.29, 0.717) is 11.5 Å². The maximum Gasteiger partial charge on any atom is 0.188 e. The van der Waals surface area contributed by atoms with Gasteiger partial charge in [-0.25, -0.2) is 0 Å². The zero-order chi connectivity index (χ0) is 11.8. The van der Waals surface area contributed by atoms with Gasteiger partial charge < -0.3 is 19.3 Å². The second-order valence-electron chi connectivity index (χ2n) is 3.05. The molecule has 0 fully saturated rings. The molecule has 0 unspecified atom stereocenters. The standard InChI is InChI=1S/C12H16O4/c1-14-9-16-11-6-5-10(4-3-7-13)8-12(11)15-2/h3-6,8,13H,7,9H2,1-2H3/b4-3+. The molecule has 0 spiro atoms. The lowest BCUT2D eigenvalue weighted by atomic mass is 10.2. The van der Waals surface area contributed by atoms with Crippen LogP contribution in [0.4, 0.5) is 0 Å². The van der Waals surface area contributed by atoms with Crippen molar-refractivity contribution in [1.29, 1.82) is 0 Å². The first kappa shape index (κ1) is 12.5. The topological polar surface area (TPSA) is 47.9 Å². The van der Waals surface area contributed by atoms with Gasteiger partial charge in [0.1, 0.15) is 0 Å². The quantitative estimate of drug-likeness (QED) is 0.747. The van der Waals surface area contributed by atoms with Crippen molar-refractivity contribution in [1.82, 2.24) is 0 Å². The third-order valence-electron chi connectivity index (χ3n) is 1.94. The molecular weight excluding hydrogens is 208 g/mol. The molecule has 0 saturated heterocycles. The van der Waals surface area contributed by atoms with Crippen molar-refractivity contribution >= 4 is 6.08 Å². The maximum absolute atomic E-state index is 8.67. The number of rotatable bonds is 6. The molecule has 0 aliphatic heterocycles. The molecule has 1 aromatic carbocycles. The summed E-state index contributed by atoms with van der Waals surface area (Å²) in [6.45, 7) is 0.201. The molecule has 0 aromatic heterocycles. The zero-order valence-corrected chi connectivity index (χ0v) is 9.47. The lowest BCUT2D eigenvalue weighted by molar-refractivity contribution is 0.0491. The Balaban J connectivity index is 2.83. The summed E-state index contributed by atoms with van der Waals surface area (Å²) in [6.07, 6.45) is 3.47. The Bertz CT molecular complexity index is 347. The summed E-state index contributed by atoms with van der Waals surface area (Å²) < 4.78 is 15.3. The van der Waals surface area contributed by atoms with Crippen molar-refractivity contribution in [3.05, 3.63) is 29.8 Å². The fraction of sp³-hybridized carbons (Fsp3) is 0.333. The molecule has 4 heteroatoms. The zero-order valence-electron chi connectivity index (χ0n) is 9.47. The molecule has 88 valence electrons. The maximum atomic E-state index is 8.67. The van der Waals surface area contributed by atoms with E-state index in [2.05, 4.69) is 0 Å². The van der Waals surface area contributed by atoms with E-state index < -0.39 is 0 Å². The molecule has 0 amide bonds. The molecule has 0 heterocycles. The molecule has 0 atom stereocenters. The minimum absolute atomic E-state index is 0.0181. The number of methoxy groups -OCH3 is 2. The number of hydrogen-bond acceptors (Lipinski definition) is 4. The number of ether oxygens (including phenoxy) is 3. The van der Waals surface area contributed by atoms with Crippen molar-refractivity contribution in [2.75, 3.05) is 27.6 Å². The van der Waals surface area contributed by atoms with E-state index >= 15 is 0 Å². The monoisotopic (exact) mass is 224 g/mol. The highest BCUT2D eigenvalue weighted by atomic mass is 16.7. The molecular formula is C12H16O4. The van der Waals surface area contributed by atoms with E-state index in [9.17, 15) is 0 Å². The van der Waals surface area contributed by atoms with Crippen molar-refractivity contribution in [3.63, 3.8) is 0 Å². The highest BCUT2D eigenvalue weighted by molar-refractivity contribution is 5.55.